The van der Waals surface area contributed by atoms with Crippen LogP contribution in [0.15, 0.2) is 36.5 Å². The highest BCUT2D eigenvalue weighted by atomic mass is 15.1. The first kappa shape index (κ1) is 13.8. The molecule has 0 bridgehead atoms. The maximum absolute atomic E-state index is 5.64. The molecule has 0 aliphatic carbocycles. The number of hydrogen-bond acceptors (Lipinski definition) is 3. The van der Waals surface area contributed by atoms with E-state index in [2.05, 4.69) is 46.8 Å². The van der Waals surface area contributed by atoms with Gasteiger partial charge in [0.25, 0.3) is 0 Å². The fraction of sp³-hybridized carbons (Fsp3) is 0.294. The number of fused-ring (bicyclic) bond motifs is 1. The van der Waals surface area contributed by atoms with Crippen molar-refractivity contribution in [1.82, 2.24) is 14.5 Å². The van der Waals surface area contributed by atoms with Gasteiger partial charge in [0.2, 0.25) is 0 Å². The Morgan fingerprint density at radius 1 is 1.14 bits per heavy atom. The van der Waals surface area contributed by atoms with Gasteiger partial charge in [-0.3, -0.25) is 0 Å². The molecule has 4 nitrogen and oxygen atoms in total. The lowest BCUT2D eigenvalue weighted by molar-refractivity contribution is 0.745. The normalized spacial score (nSPS) is 11.2. The highest BCUT2D eigenvalue weighted by Crippen LogP contribution is 2.18. The standard InChI is InChI=1S/C17H20N4/c1-3-16-20-15-8-12(2)10-19-17(15)21(16)11-14-6-4-13(9-18)5-7-14/h4-8,10H,3,9,11,18H2,1-2H3. The Kier molecular flexibility index (Phi) is 3.71. The molecule has 0 fully saturated rings. The average Bonchev–Trinajstić information content (AvgIpc) is 2.85. The van der Waals surface area contributed by atoms with Crippen molar-refractivity contribution >= 4 is 11.2 Å². The third kappa shape index (κ3) is 2.67. The first-order valence-electron chi connectivity index (χ1n) is 7.31. The largest absolute Gasteiger partial charge is 0.326 e. The van der Waals surface area contributed by atoms with Gasteiger partial charge in [0.15, 0.2) is 5.65 Å². The van der Waals surface area contributed by atoms with Crippen LogP contribution >= 0.6 is 0 Å². The molecular formula is C17H20N4. The molecule has 4 heteroatoms. The molecule has 3 rings (SSSR count). The van der Waals surface area contributed by atoms with Gasteiger partial charge in [0.05, 0.1) is 6.54 Å². The number of hydrogen-bond donors (Lipinski definition) is 1. The Morgan fingerprint density at radius 2 is 1.86 bits per heavy atom. The van der Waals surface area contributed by atoms with Crippen molar-refractivity contribution in [3.05, 3.63) is 59.0 Å². The Hall–Kier alpha value is -2.20. The van der Waals surface area contributed by atoms with E-state index in [9.17, 15) is 0 Å². The monoisotopic (exact) mass is 280 g/mol. The number of nitrogens with zero attached hydrogens (tertiary/aromatic N) is 3. The lowest BCUT2D eigenvalue weighted by atomic mass is 10.1. The highest BCUT2D eigenvalue weighted by molar-refractivity contribution is 5.72. The van der Waals surface area contributed by atoms with Gasteiger partial charge >= 0.3 is 0 Å². The van der Waals surface area contributed by atoms with E-state index in [1.165, 1.54) is 5.56 Å². The van der Waals surface area contributed by atoms with Crippen molar-refractivity contribution in [3.63, 3.8) is 0 Å². The van der Waals surface area contributed by atoms with Crippen molar-refractivity contribution < 1.29 is 0 Å². The molecule has 0 saturated carbocycles. The van der Waals surface area contributed by atoms with Gasteiger partial charge in [-0.25, -0.2) is 9.97 Å². The van der Waals surface area contributed by atoms with E-state index in [0.29, 0.717) is 6.54 Å². The molecule has 0 spiro atoms. The van der Waals surface area contributed by atoms with E-state index in [1.54, 1.807) is 0 Å². The Bertz CT molecular complexity index is 756. The zero-order valence-electron chi connectivity index (χ0n) is 12.5. The van der Waals surface area contributed by atoms with E-state index >= 15 is 0 Å². The molecule has 0 unspecified atom stereocenters. The minimum Gasteiger partial charge on any atom is -0.326 e. The fourth-order valence-electron chi connectivity index (χ4n) is 2.56. The van der Waals surface area contributed by atoms with E-state index in [-0.39, 0.29) is 0 Å². The highest BCUT2D eigenvalue weighted by Gasteiger charge is 2.11. The van der Waals surface area contributed by atoms with Crippen LogP contribution in [0.2, 0.25) is 0 Å². The molecule has 2 N–H and O–H groups in total. The van der Waals surface area contributed by atoms with Crippen LogP contribution < -0.4 is 5.73 Å². The van der Waals surface area contributed by atoms with Crippen molar-refractivity contribution in [2.75, 3.05) is 0 Å². The molecule has 0 saturated heterocycles. The quantitative estimate of drug-likeness (QED) is 0.799. The molecule has 0 aliphatic rings. The molecule has 2 heterocycles. The number of rotatable bonds is 4. The SMILES string of the molecule is CCc1nc2cc(C)cnc2n1Cc1ccc(CN)cc1. The van der Waals surface area contributed by atoms with Gasteiger partial charge in [-0.1, -0.05) is 31.2 Å². The van der Waals surface area contributed by atoms with Gasteiger partial charge in [-0.15, -0.1) is 0 Å². The predicted molar refractivity (Wildman–Crippen MR) is 85.1 cm³/mol. The topological polar surface area (TPSA) is 56.7 Å². The number of imidazole rings is 1. The Labute approximate surface area is 124 Å². The second kappa shape index (κ2) is 5.66. The number of aryl methyl sites for hydroxylation is 2. The Morgan fingerprint density at radius 3 is 2.52 bits per heavy atom. The van der Waals surface area contributed by atoms with E-state index in [0.717, 1.165) is 41.1 Å². The van der Waals surface area contributed by atoms with Gasteiger partial charge in [-0.2, -0.15) is 0 Å². The van der Waals surface area contributed by atoms with Crippen LogP contribution in [0.5, 0.6) is 0 Å². The van der Waals surface area contributed by atoms with Crippen molar-refractivity contribution in [1.29, 1.82) is 0 Å². The van der Waals surface area contributed by atoms with Gasteiger partial charge in [0, 0.05) is 19.2 Å². The summed E-state index contributed by atoms with van der Waals surface area (Å²) in [5.74, 6) is 1.08. The summed E-state index contributed by atoms with van der Waals surface area (Å²) in [5.41, 5.74) is 11.1. The summed E-state index contributed by atoms with van der Waals surface area (Å²) < 4.78 is 2.20. The third-order valence-electron chi connectivity index (χ3n) is 3.72. The molecule has 0 atom stereocenters. The smallest absolute Gasteiger partial charge is 0.160 e. The molecule has 21 heavy (non-hydrogen) atoms. The maximum Gasteiger partial charge on any atom is 0.160 e. The lowest BCUT2D eigenvalue weighted by Gasteiger charge is -2.08. The third-order valence-corrected chi connectivity index (χ3v) is 3.72. The van der Waals surface area contributed by atoms with Crippen LogP contribution in [0.1, 0.15) is 29.4 Å². The van der Waals surface area contributed by atoms with Crippen LogP contribution in [0.4, 0.5) is 0 Å². The summed E-state index contributed by atoms with van der Waals surface area (Å²) in [6.07, 6.45) is 2.80. The molecule has 2 aromatic heterocycles. The van der Waals surface area contributed by atoms with Crippen molar-refractivity contribution in [3.8, 4) is 0 Å². The summed E-state index contributed by atoms with van der Waals surface area (Å²) in [6, 6.07) is 10.5. The summed E-state index contributed by atoms with van der Waals surface area (Å²) in [6.45, 7) is 5.54. The molecular weight excluding hydrogens is 260 g/mol. The zero-order valence-corrected chi connectivity index (χ0v) is 12.5. The lowest BCUT2D eigenvalue weighted by Crippen LogP contribution is -2.05. The van der Waals surface area contributed by atoms with Crippen LogP contribution in [0.25, 0.3) is 11.2 Å². The predicted octanol–water partition coefficient (Wildman–Crippen LogP) is 2.81. The van der Waals surface area contributed by atoms with E-state index < -0.39 is 0 Å². The Balaban J connectivity index is 2.01. The zero-order chi connectivity index (χ0) is 14.8. The van der Waals surface area contributed by atoms with Gasteiger partial charge in [0.1, 0.15) is 11.3 Å². The number of aromatic nitrogens is 3. The molecule has 108 valence electrons. The molecule has 1 aromatic carbocycles. The molecule has 0 aliphatic heterocycles. The van der Waals surface area contributed by atoms with Crippen LogP contribution in [0.3, 0.4) is 0 Å². The van der Waals surface area contributed by atoms with Gasteiger partial charge in [-0.05, 0) is 29.7 Å². The first-order chi connectivity index (χ1) is 10.2. The van der Waals surface area contributed by atoms with E-state index in [4.69, 9.17) is 10.7 Å². The first-order valence-corrected chi connectivity index (χ1v) is 7.31. The summed E-state index contributed by atoms with van der Waals surface area (Å²) in [4.78, 5) is 9.26. The minimum absolute atomic E-state index is 0.579. The molecule has 0 amide bonds. The van der Waals surface area contributed by atoms with Crippen molar-refractivity contribution in [2.45, 2.75) is 33.4 Å². The number of benzene rings is 1. The maximum atomic E-state index is 5.64. The molecule has 0 radical (unpaired) electrons. The van der Waals surface area contributed by atoms with Crippen molar-refractivity contribution in [2.24, 2.45) is 5.73 Å². The van der Waals surface area contributed by atoms with E-state index in [1.807, 2.05) is 13.1 Å². The molecule has 3 aromatic rings. The number of nitrogens with two attached hydrogens (primary N) is 1. The van der Waals surface area contributed by atoms with Crippen LogP contribution in [0, 0.1) is 6.92 Å². The van der Waals surface area contributed by atoms with Gasteiger partial charge < -0.3 is 10.3 Å². The average molecular weight is 280 g/mol. The van der Waals surface area contributed by atoms with Crippen LogP contribution in [-0.2, 0) is 19.5 Å². The second-order valence-electron chi connectivity index (χ2n) is 5.34. The van der Waals surface area contributed by atoms with Crippen LogP contribution in [-0.4, -0.2) is 14.5 Å². The fourth-order valence-corrected chi connectivity index (χ4v) is 2.56. The summed E-state index contributed by atoms with van der Waals surface area (Å²) >= 11 is 0. The summed E-state index contributed by atoms with van der Waals surface area (Å²) in [5, 5.41) is 0. The summed E-state index contributed by atoms with van der Waals surface area (Å²) in [7, 11) is 0. The second-order valence-corrected chi connectivity index (χ2v) is 5.34. The number of pyridine rings is 1. The minimum atomic E-state index is 0.579.